The van der Waals surface area contributed by atoms with Gasteiger partial charge in [-0.2, -0.15) is 0 Å². The van der Waals surface area contributed by atoms with Gasteiger partial charge < -0.3 is 5.11 Å². The Bertz CT molecular complexity index is 605. The summed E-state index contributed by atoms with van der Waals surface area (Å²) >= 11 is 0. The summed E-state index contributed by atoms with van der Waals surface area (Å²) in [5.74, 6) is 5.10. The second-order valence-corrected chi connectivity index (χ2v) is 11.4. The van der Waals surface area contributed by atoms with Crippen molar-refractivity contribution in [3.8, 4) is 0 Å². The lowest BCUT2D eigenvalue weighted by atomic mass is 9.44. The first-order chi connectivity index (χ1) is 12.8. The fraction of sp³-hybridized carbons (Fsp3) is 0.846. The molecule has 0 heterocycles. The zero-order valence-electron chi connectivity index (χ0n) is 18.2. The van der Waals surface area contributed by atoms with Gasteiger partial charge in [-0.15, -0.1) is 0 Å². The SMILES string of the molecule is C=C(C)/C=C/C(C)C1CCC2C3CC[C@H]4C[C@@H](O)CC[C@]4(C)C3CC[C@]12C. The van der Waals surface area contributed by atoms with E-state index < -0.39 is 0 Å². The fourth-order valence-electron chi connectivity index (χ4n) is 8.59. The van der Waals surface area contributed by atoms with Crippen LogP contribution in [0.4, 0.5) is 0 Å². The van der Waals surface area contributed by atoms with E-state index >= 15 is 0 Å². The minimum Gasteiger partial charge on any atom is -0.393 e. The van der Waals surface area contributed by atoms with Gasteiger partial charge in [0.1, 0.15) is 0 Å². The summed E-state index contributed by atoms with van der Waals surface area (Å²) in [6.45, 7) is 13.9. The Morgan fingerprint density at radius 2 is 1.70 bits per heavy atom. The maximum absolute atomic E-state index is 10.2. The number of hydrogen-bond donors (Lipinski definition) is 1. The van der Waals surface area contributed by atoms with Gasteiger partial charge in [0.15, 0.2) is 0 Å². The highest BCUT2D eigenvalue weighted by Crippen LogP contribution is 2.68. The van der Waals surface area contributed by atoms with E-state index in [0.717, 1.165) is 42.4 Å². The molecule has 0 saturated heterocycles. The minimum absolute atomic E-state index is 0.0229. The van der Waals surface area contributed by atoms with E-state index in [2.05, 4.69) is 46.4 Å². The van der Waals surface area contributed by atoms with E-state index in [1.54, 1.807) is 0 Å². The van der Waals surface area contributed by atoms with Crippen LogP contribution in [0.2, 0.25) is 0 Å². The summed E-state index contributed by atoms with van der Waals surface area (Å²) in [5, 5.41) is 10.2. The monoisotopic (exact) mass is 370 g/mol. The van der Waals surface area contributed by atoms with E-state index in [1.165, 1.54) is 50.5 Å². The molecule has 0 amide bonds. The molecule has 5 unspecified atom stereocenters. The zero-order chi connectivity index (χ0) is 19.4. The summed E-state index contributed by atoms with van der Waals surface area (Å²) in [5.41, 5.74) is 2.22. The Morgan fingerprint density at radius 3 is 2.44 bits per heavy atom. The Labute approximate surface area is 167 Å². The van der Waals surface area contributed by atoms with Crippen molar-refractivity contribution in [3.05, 3.63) is 24.3 Å². The summed E-state index contributed by atoms with van der Waals surface area (Å²) in [7, 11) is 0. The normalized spacial score (nSPS) is 50.7. The lowest BCUT2D eigenvalue weighted by Crippen LogP contribution is -2.54. The molecule has 1 N–H and O–H groups in total. The van der Waals surface area contributed by atoms with Gasteiger partial charge in [-0.05, 0) is 111 Å². The molecule has 1 heteroatoms. The van der Waals surface area contributed by atoms with Gasteiger partial charge >= 0.3 is 0 Å². The van der Waals surface area contributed by atoms with Crippen LogP contribution in [-0.4, -0.2) is 11.2 Å². The molecule has 4 aliphatic rings. The van der Waals surface area contributed by atoms with E-state index in [1.807, 2.05) is 0 Å². The number of aliphatic hydroxyl groups excluding tert-OH is 1. The minimum atomic E-state index is -0.0229. The average Bonchev–Trinajstić information content (AvgIpc) is 2.97. The molecular weight excluding hydrogens is 328 g/mol. The number of hydrogen-bond acceptors (Lipinski definition) is 1. The average molecular weight is 371 g/mol. The smallest absolute Gasteiger partial charge is 0.0543 e. The van der Waals surface area contributed by atoms with Gasteiger partial charge in [0.2, 0.25) is 0 Å². The molecule has 4 rings (SSSR count). The lowest BCUT2D eigenvalue weighted by molar-refractivity contribution is -0.128. The number of rotatable bonds is 3. The molecule has 27 heavy (non-hydrogen) atoms. The summed E-state index contributed by atoms with van der Waals surface area (Å²) in [6, 6.07) is 0. The van der Waals surface area contributed by atoms with Crippen LogP contribution in [0.5, 0.6) is 0 Å². The number of fused-ring (bicyclic) bond motifs is 5. The molecule has 9 atom stereocenters. The molecule has 0 radical (unpaired) electrons. The van der Waals surface area contributed by atoms with Crippen molar-refractivity contribution < 1.29 is 5.11 Å². The third-order valence-corrected chi connectivity index (χ3v) is 10.0. The number of allylic oxidation sites excluding steroid dienone is 3. The van der Waals surface area contributed by atoms with Crippen molar-refractivity contribution in [3.63, 3.8) is 0 Å². The fourth-order valence-corrected chi connectivity index (χ4v) is 8.59. The van der Waals surface area contributed by atoms with Gasteiger partial charge in [0.05, 0.1) is 6.10 Å². The molecule has 0 aliphatic heterocycles. The summed E-state index contributed by atoms with van der Waals surface area (Å²) < 4.78 is 0. The third kappa shape index (κ3) is 3.17. The van der Waals surface area contributed by atoms with E-state index in [4.69, 9.17) is 0 Å². The van der Waals surface area contributed by atoms with Gasteiger partial charge in [-0.3, -0.25) is 0 Å². The third-order valence-electron chi connectivity index (χ3n) is 10.0. The van der Waals surface area contributed by atoms with Gasteiger partial charge in [0, 0.05) is 0 Å². The zero-order valence-corrected chi connectivity index (χ0v) is 18.2. The molecule has 0 aromatic rings. The predicted molar refractivity (Wildman–Crippen MR) is 114 cm³/mol. The highest BCUT2D eigenvalue weighted by Gasteiger charge is 2.60. The maximum atomic E-state index is 10.2. The van der Waals surface area contributed by atoms with Crippen LogP contribution < -0.4 is 0 Å². The second kappa shape index (κ2) is 7.05. The topological polar surface area (TPSA) is 20.2 Å². The van der Waals surface area contributed by atoms with E-state index in [0.29, 0.717) is 16.7 Å². The maximum Gasteiger partial charge on any atom is 0.0543 e. The van der Waals surface area contributed by atoms with Crippen LogP contribution in [0.15, 0.2) is 24.3 Å². The molecule has 4 aliphatic carbocycles. The van der Waals surface area contributed by atoms with Crippen LogP contribution in [0, 0.1) is 46.3 Å². The predicted octanol–water partition coefficient (Wildman–Crippen LogP) is 6.77. The molecule has 152 valence electrons. The molecule has 4 fully saturated rings. The molecule has 0 spiro atoms. The molecule has 0 aromatic carbocycles. The van der Waals surface area contributed by atoms with Crippen molar-refractivity contribution >= 4 is 0 Å². The van der Waals surface area contributed by atoms with Crippen LogP contribution in [-0.2, 0) is 0 Å². The van der Waals surface area contributed by atoms with Crippen molar-refractivity contribution in [2.45, 2.75) is 91.6 Å². The Kier molecular flexibility index (Phi) is 5.15. The molecule has 0 aromatic heterocycles. The Balaban J connectivity index is 1.54. The molecular formula is C26H42O. The first-order valence-corrected chi connectivity index (χ1v) is 11.8. The van der Waals surface area contributed by atoms with Gasteiger partial charge in [0.25, 0.3) is 0 Å². The second-order valence-electron chi connectivity index (χ2n) is 11.4. The van der Waals surface area contributed by atoms with E-state index in [9.17, 15) is 5.11 Å². The van der Waals surface area contributed by atoms with E-state index in [-0.39, 0.29) is 6.10 Å². The Morgan fingerprint density at radius 1 is 1.00 bits per heavy atom. The molecule has 4 saturated carbocycles. The van der Waals surface area contributed by atoms with Crippen LogP contribution in [0.25, 0.3) is 0 Å². The van der Waals surface area contributed by atoms with Crippen molar-refractivity contribution in [1.82, 2.24) is 0 Å². The van der Waals surface area contributed by atoms with Crippen LogP contribution in [0.1, 0.15) is 85.5 Å². The lowest BCUT2D eigenvalue weighted by Gasteiger charge is -2.61. The first kappa shape index (κ1) is 19.7. The van der Waals surface area contributed by atoms with Crippen molar-refractivity contribution in [1.29, 1.82) is 0 Å². The first-order valence-electron chi connectivity index (χ1n) is 11.8. The largest absolute Gasteiger partial charge is 0.393 e. The van der Waals surface area contributed by atoms with Gasteiger partial charge in [-0.1, -0.05) is 45.1 Å². The number of aliphatic hydroxyl groups is 1. The molecule has 1 nitrogen and oxygen atoms in total. The highest BCUT2D eigenvalue weighted by atomic mass is 16.3. The van der Waals surface area contributed by atoms with Gasteiger partial charge in [-0.25, -0.2) is 0 Å². The summed E-state index contributed by atoms with van der Waals surface area (Å²) in [6.07, 6.45) is 16.6. The quantitative estimate of drug-likeness (QED) is 0.543. The molecule has 0 bridgehead atoms. The van der Waals surface area contributed by atoms with Crippen molar-refractivity contribution in [2.24, 2.45) is 46.3 Å². The summed E-state index contributed by atoms with van der Waals surface area (Å²) in [4.78, 5) is 0. The van der Waals surface area contributed by atoms with Crippen LogP contribution in [0.3, 0.4) is 0 Å². The highest BCUT2D eigenvalue weighted by molar-refractivity contribution is 5.15. The van der Waals surface area contributed by atoms with Crippen molar-refractivity contribution in [2.75, 3.05) is 0 Å². The van der Waals surface area contributed by atoms with Crippen LogP contribution >= 0.6 is 0 Å². The Hall–Kier alpha value is -0.560. The standard InChI is InChI=1S/C26H42O/c1-17(2)6-7-18(3)22-10-11-23-21-9-8-19-16-20(27)12-14-25(19,4)24(21)13-15-26(22,23)5/h6-7,18-24,27H,1,8-16H2,2-5H3/b7-6+/t18?,19-,20-,21?,22?,23?,24?,25-,26+/m0/s1.